The Morgan fingerprint density at radius 1 is 1.50 bits per heavy atom. The summed E-state index contributed by atoms with van der Waals surface area (Å²) in [6, 6.07) is 5.06. The molecule has 1 aliphatic carbocycles. The standard InChI is InChI=1S/C13H22N2S/c1-15(2)9-4-8-14-13(11-6-7-11)12-5-3-10-16-12/h3,5,10-11,13-14H,4,6-9H2,1-2H3. The van der Waals surface area contributed by atoms with Crippen LogP contribution in [0.3, 0.4) is 0 Å². The van der Waals surface area contributed by atoms with E-state index in [0.717, 1.165) is 12.5 Å². The van der Waals surface area contributed by atoms with Gasteiger partial charge in [-0.15, -0.1) is 11.3 Å². The van der Waals surface area contributed by atoms with E-state index in [1.807, 2.05) is 11.3 Å². The maximum absolute atomic E-state index is 3.72. The minimum atomic E-state index is 0.627. The summed E-state index contributed by atoms with van der Waals surface area (Å²) < 4.78 is 0. The topological polar surface area (TPSA) is 15.3 Å². The van der Waals surface area contributed by atoms with Gasteiger partial charge in [0.1, 0.15) is 0 Å². The van der Waals surface area contributed by atoms with Crippen LogP contribution in [0.4, 0.5) is 0 Å². The van der Waals surface area contributed by atoms with E-state index in [0.29, 0.717) is 6.04 Å². The SMILES string of the molecule is CN(C)CCCNC(c1cccs1)C1CC1. The molecule has 1 aromatic heterocycles. The van der Waals surface area contributed by atoms with Crippen molar-refractivity contribution in [1.29, 1.82) is 0 Å². The van der Waals surface area contributed by atoms with E-state index in [1.54, 1.807) is 0 Å². The molecule has 0 radical (unpaired) electrons. The molecule has 1 atom stereocenters. The van der Waals surface area contributed by atoms with Crippen LogP contribution in [0.15, 0.2) is 17.5 Å². The number of thiophene rings is 1. The quantitative estimate of drug-likeness (QED) is 0.735. The van der Waals surface area contributed by atoms with Gasteiger partial charge in [-0.2, -0.15) is 0 Å². The number of nitrogens with one attached hydrogen (secondary N) is 1. The second kappa shape index (κ2) is 5.80. The first kappa shape index (κ1) is 12.1. The lowest BCUT2D eigenvalue weighted by Gasteiger charge is -2.17. The molecule has 0 spiro atoms. The van der Waals surface area contributed by atoms with Gasteiger partial charge in [0, 0.05) is 10.9 Å². The first-order valence-electron chi connectivity index (χ1n) is 6.19. The Balaban J connectivity index is 1.76. The fraction of sp³-hybridized carbons (Fsp3) is 0.692. The third-order valence-electron chi connectivity index (χ3n) is 3.09. The zero-order chi connectivity index (χ0) is 11.4. The lowest BCUT2D eigenvalue weighted by Crippen LogP contribution is -2.26. The van der Waals surface area contributed by atoms with Crippen molar-refractivity contribution < 1.29 is 0 Å². The van der Waals surface area contributed by atoms with E-state index in [2.05, 4.69) is 41.8 Å². The minimum Gasteiger partial charge on any atom is -0.309 e. The summed E-state index contributed by atoms with van der Waals surface area (Å²) in [6.45, 7) is 2.31. The Kier molecular flexibility index (Phi) is 4.38. The predicted octanol–water partition coefficient (Wildman–Crippen LogP) is 2.74. The highest BCUT2D eigenvalue weighted by Gasteiger charge is 2.32. The second-order valence-electron chi connectivity index (χ2n) is 4.94. The molecule has 3 heteroatoms. The van der Waals surface area contributed by atoms with Crippen LogP contribution in [0.25, 0.3) is 0 Å². The van der Waals surface area contributed by atoms with Crippen molar-refractivity contribution in [2.24, 2.45) is 5.92 Å². The van der Waals surface area contributed by atoms with Gasteiger partial charge in [0.2, 0.25) is 0 Å². The summed E-state index contributed by atoms with van der Waals surface area (Å²) in [4.78, 5) is 3.77. The summed E-state index contributed by atoms with van der Waals surface area (Å²) in [7, 11) is 4.27. The van der Waals surface area contributed by atoms with Gasteiger partial charge < -0.3 is 10.2 Å². The molecule has 0 amide bonds. The summed E-state index contributed by atoms with van der Waals surface area (Å²) >= 11 is 1.89. The summed E-state index contributed by atoms with van der Waals surface area (Å²) in [5.74, 6) is 0.901. The van der Waals surface area contributed by atoms with E-state index < -0.39 is 0 Å². The van der Waals surface area contributed by atoms with Crippen LogP contribution < -0.4 is 5.32 Å². The van der Waals surface area contributed by atoms with E-state index >= 15 is 0 Å². The van der Waals surface area contributed by atoms with Crippen LogP contribution in [-0.4, -0.2) is 32.1 Å². The maximum Gasteiger partial charge on any atom is 0.0443 e. The first-order chi connectivity index (χ1) is 7.77. The molecular formula is C13H22N2S. The van der Waals surface area contributed by atoms with Crippen molar-refractivity contribution in [2.75, 3.05) is 27.2 Å². The molecule has 16 heavy (non-hydrogen) atoms. The molecule has 1 unspecified atom stereocenters. The third-order valence-corrected chi connectivity index (χ3v) is 4.04. The van der Waals surface area contributed by atoms with Crippen LogP contribution in [0.1, 0.15) is 30.2 Å². The maximum atomic E-state index is 3.72. The van der Waals surface area contributed by atoms with E-state index in [9.17, 15) is 0 Å². The Morgan fingerprint density at radius 2 is 2.31 bits per heavy atom. The third kappa shape index (κ3) is 3.58. The number of nitrogens with zero attached hydrogens (tertiary/aromatic N) is 1. The van der Waals surface area contributed by atoms with E-state index in [-0.39, 0.29) is 0 Å². The minimum absolute atomic E-state index is 0.627. The summed E-state index contributed by atoms with van der Waals surface area (Å²) in [5.41, 5.74) is 0. The van der Waals surface area contributed by atoms with Gasteiger partial charge in [0.15, 0.2) is 0 Å². The zero-order valence-electron chi connectivity index (χ0n) is 10.3. The van der Waals surface area contributed by atoms with Crippen molar-refractivity contribution in [3.05, 3.63) is 22.4 Å². The molecule has 1 aromatic rings. The lowest BCUT2D eigenvalue weighted by molar-refractivity contribution is 0.381. The largest absolute Gasteiger partial charge is 0.309 e. The molecule has 0 aliphatic heterocycles. The van der Waals surface area contributed by atoms with Gasteiger partial charge in [-0.05, 0) is 63.8 Å². The van der Waals surface area contributed by atoms with Crippen LogP contribution >= 0.6 is 11.3 Å². The highest BCUT2D eigenvalue weighted by Crippen LogP contribution is 2.42. The normalized spacial score (nSPS) is 17.9. The molecule has 1 fully saturated rings. The van der Waals surface area contributed by atoms with Gasteiger partial charge in [0.25, 0.3) is 0 Å². The van der Waals surface area contributed by atoms with Crippen molar-refractivity contribution in [1.82, 2.24) is 10.2 Å². The van der Waals surface area contributed by atoms with Gasteiger partial charge in [-0.1, -0.05) is 6.07 Å². The molecule has 2 rings (SSSR count). The van der Waals surface area contributed by atoms with Crippen molar-refractivity contribution >= 4 is 11.3 Å². The average Bonchev–Trinajstić information content (AvgIpc) is 2.93. The first-order valence-corrected chi connectivity index (χ1v) is 7.07. The molecule has 90 valence electrons. The van der Waals surface area contributed by atoms with Gasteiger partial charge in [-0.3, -0.25) is 0 Å². The fourth-order valence-corrected chi connectivity index (χ4v) is 2.94. The lowest BCUT2D eigenvalue weighted by atomic mass is 10.1. The Bertz CT molecular complexity index is 291. The second-order valence-corrected chi connectivity index (χ2v) is 5.92. The van der Waals surface area contributed by atoms with Crippen molar-refractivity contribution in [2.45, 2.75) is 25.3 Å². The Hall–Kier alpha value is -0.380. The van der Waals surface area contributed by atoms with Crippen molar-refractivity contribution in [3.63, 3.8) is 0 Å². The van der Waals surface area contributed by atoms with Gasteiger partial charge in [0.05, 0.1) is 0 Å². The van der Waals surface area contributed by atoms with E-state index in [4.69, 9.17) is 0 Å². The number of hydrogen-bond donors (Lipinski definition) is 1. The van der Waals surface area contributed by atoms with Gasteiger partial charge in [-0.25, -0.2) is 0 Å². The molecule has 0 bridgehead atoms. The number of hydrogen-bond acceptors (Lipinski definition) is 3. The Morgan fingerprint density at radius 3 is 2.88 bits per heavy atom. The zero-order valence-corrected chi connectivity index (χ0v) is 11.1. The highest BCUT2D eigenvalue weighted by molar-refractivity contribution is 7.10. The van der Waals surface area contributed by atoms with E-state index in [1.165, 1.54) is 30.7 Å². The molecule has 1 heterocycles. The smallest absolute Gasteiger partial charge is 0.0443 e. The molecule has 1 saturated carbocycles. The average molecular weight is 238 g/mol. The highest BCUT2D eigenvalue weighted by atomic mass is 32.1. The number of rotatable bonds is 7. The molecular weight excluding hydrogens is 216 g/mol. The Labute approximate surface area is 103 Å². The fourth-order valence-electron chi connectivity index (χ4n) is 2.05. The van der Waals surface area contributed by atoms with Crippen LogP contribution in [0, 0.1) is 5.92 Å². The molecule has 0 saturated heterocycles. The monoisotopic (exact) mass is 238 g/mol. The van der Waals surface area contributed by atoms with Crippen LogP contribution in [-0.2, 0) is 0 Å². The van der Waals surface area contributed by atoms with Gasteiger partial charge >= 0.3 is 0 Å². The molecule has 1 N–H and O–H groups in total. The molecule has 0 aromatic carbocycles. The molecule has 2 nitrogen and oxygen atoms in total. The summed E-state index contributed by atoms with van der Waals surface area (Å²) in [5, 5.41) is 5.91. The molecule has 1 aliphatic rings. The van der Waals surface area contributed by atoms with Crippen molar-refractivity contribution in [3.8, 4) is 0 Å². The van der Waals surface area contributed by atoms with Crippen LogP contribution in [0.2, 0.25) is 0 Å². The van der Waals surface area contributed by atoms with Crippen LogP contribution in [0.5, 0.6) is 0 Å². The summed E-state index contributed by atoms with van der Waals surface area (Å²) in [6.07, 6.45) is 4.05. The predicted molar refractivity (Wildman–Crippen MR) is 71.0 cm³/mol.